The largest absolute Gasteiger partial charge is 0.392 e. The second-order valence-corrected chi connectivity index (χ2v) is 6.61. The van der Waals surface area contributed by atoms with Crippen LogP contribution < -0.4 is 0 Å². The summed E-state index contributed by atoms with van der Waals surface area (Å²) >= 11 is 0. The molecule has 1 heterocycles. The van der Waals surface area contributed by atoms with Gasteiger partial charge in [0.25, 0.3) is 0 Å². The summed E-state index contributed by atoms with van der Waals surface area (Å²) in [6.45, 7) is 8.87. The van der Waals surface area contributed by atoms with E-state index in [1.165, 1.54) is 25.7 Å². The van der Waals surface area contributed by atoms with E-state index in [1.54, 1.807) is 0 Å². The SMILES string of the molecule is C=C(CO)[C@@H]1CC[C@@H](C)[C@@H]2CCC3(C)OC3[C@@H]21. The Kier molecular flexibility index (Phi) is 2.64. The molecule has 96 valence electrons. The molecule has 0 radical (unpaired) electrons. The van der Waals surface area contributed by atoms with E-state index in [-0.39, 0.29) is 12.2 Å². The van der Waals surface area contributed by atoms with Gasteiger partial charge in [-0.3, -0.25) is 0 Å². The lowest BCUT2D eigenvalue weighted by Crippen LogP contribution is -2.43. The smallest absolute Gasteiger partial charge is 0.0923 e. The first-order valence-electron chi connectivity index (χ1n) is 7.03. The average Bonchev–Trinajstić information content (AvgIpc) is 3.01. The number of hydrogen-bond acceptors (Lipinski definition) is 2. The van der Waals surface area contributed by atoms with Crippen LogP contribution in [0.5, 0.6) is 0 Å². The summed E-state index contributed by atoms with van der Waals surface area (Å²) in [7, 11) is 0. The van der Waals surface area contributed by atoms with Gasteiger partial charge in [-0.05, 0) is 61.9 Å². The van der Waals surface area contributed by atoms with Crippen LogP contribution in [0.4, 0.5) is 0 Å². The number of epoxide rings is 1. The van der Waals surface area contributed by atoms with Gasteiger partial charge in [-0.2, -0.15) is 0 Å². The quantitative estimate of drug-likeness (QED) is 0.590. The summed E-state index contributed by atoms with van der Waals surface area (Å²) in [6, 6.07) is 0. The van der Waals surface area contributed by atoms with Crippen LogP contribution in [-0.4, -0.2) is 23.4 Å². The van der Waals surface area contributed by atoms with Crippen molar-refractivity contribution >= 4 is 0 Å². The molecule has 0 aromatic carbocycles. The van der Waals surface area contributed by atoms with E-state index in [4.69, 9.17) is 4.74 Å². The van der Waals surface area contributed by atoms with Crippen LogP contribution in [0.25, 0.3) is 0 Å². The van der Waals surface area contributed by atoms with Crippen LogP contribution in [0.3, 0.4) is 0 Å². The zero-order valence-corrected chi connectivity index (χ0v) is 11.0. The predicted molar refractivity (Wildman–Crippen MR) is 67.6 cm³/mol. The molecule has 2 saturated carbocycles. The van der Waals surface area contributed by atoms with Crippen molar-refractivity contribution in [2.24, 2.45) is 23.7 Å². The highest BCUT2D eigenvalue weighted by Gasteiger charge is 2.63. The van der Waals surface area contributed by atoms with Crippen LogP contribution >= 0.6 is 0 Å². The van der Waals surface area contributed by atoms with Crippen molar-refractivity contribution in [1.29, 1.82) is 0 Å². The first kappa shape index (κ1) is 11.7. The number of rotatable bonds is 2. The van der Waals surface area contributed by atoms with Crippen molar-refractivity contribution in [2.75, 3.05) is 6.61 Å². The summed E-state index contributed by atoms with van der Waals surface area (Å²) in [5, 5.41) is 9.37. The van der Waals surface area contributed by atoms with Gasteiger partial charge >= 0.3 is 0 Å². The van der Waals surface area contributed by atoms with Gasteiger partial charge in [0, 0.05) is 0 Å². The van der Waals surface area contributed by atoms with Crippen LogP contribution in [0, 0.1) is 23.7 Å². The van der Waals surface area contributed by atoms with E-state index in [2.05, 4.69) is 20.4 Å². The zero-order chi connectivity index (χ0) is 12.2. The number of aliphatic hydroxyl groups excluding tert-OH is 1. The minimum atomic E-state index is 0.145. The van der Waals surface area contributed by atoms with Gasteiger partial charge in [-0.1, -0.05) is 13.5 Å². The summed E-state index contributed by atoms with van der Waals surface area (Å²) in [6.07, 6.45) is 5.44. The number of hydrogen-bond donors (Lipinski definition) is 1. The van der Waals surface area contributed by atoms with Gasteiger partial charge in [0.2, 0.25) is 0 Å². The summed E-state index contributed by atoms with van der Waals surface area (Å²) < 4.78 is 5.99. The summed E-state index contributed by atoms with van der Waals surface area (Å²) in [4.78, 5) is 0. The molecule has 3 aliphatic rings. The van der Waals surface area contributed by atoms with Crippen LogP contribution in [0.1, 0.15) is 39.5 Å². The molecule has 0 aromatic rings. The molecule has 17 heavy (non-hydrogen) atoms. The maximum absolute atomic E-state index is 9.37. The van der Waals surface area contributed by atoms with Gasteiger partial charge in [0.15, 0.2) is 0 Å². The Balaban J connectivity index is 1.85. The first-order chi connectivity index (χ1) is 8.07. The van der Waals surface area contributed by atoms with Crippen molar-refractivity contribution in [2.45, 2.75) is 51.2 Å². The Hall–Kier alpha value is -0.340. The monoisotopic (exact) mass is 236 g/mol. The Morgan fingerprint density at radius 3 is 2.88 bits per heavy atom. The predicted octanol–water partition coefficient (Wildman–Crippen LogP) is 2.76. The molecule has 0 bridgehead atoms. The van der Waals surface area contributed by atoms with Crippen LogP contribution in [-0.2, 0) is 4.74 Å². The lowest BCUT2D eigenvalue weighted by atomic mass is 9.58. The Morgan fingerprint density at radius 1 is 1.41 bits per heavy atom. The number of fused-ring (bicyclic) bond motifs is 3. The average molecular weight is 236 g/mol. The molecule has 6 atom stereocenters. The maximum Gasteiger partial charge on any atom is 0.0923 e. The van der Waals surface area contributed by atoms with Crippen molar-refractivity contribution < 1.29 is 9.84 Å². The van der Waals surface area contributed by atoms with Gasteiger partial charge in [-0.25, -0.2) is 0 Å². The molecule has 3 rings (SSSR count). The Bertz CT molecular complexity index is 338. The van der Waals surface area contributed by atoms with E-state index < -0.39 is 0 Å². The minimum absolute atomic E-state index is 0.145. The third-order valence-electron chi connectivity index (χ3n) is 5.61. The fourth-order valence-electron chi connectivity index (χ4n) is 4.43. The van der Waals surface area contributed by atoms with Gasteiger partial charge in [-0.15, -0.1) is 0 Å². The molecule has 3 fully saturated rings. The molecule has 2 nitrogen and oxygen atoms in total. The van der Waals surface area contributed by atoms with E-state index in [1.807, 2.05) is 0 Å². The van der Waals surface area contributed by atoms with Gasteiger partial charge < -0.3 is 9.84 Å². The molecule has 1 aliphatic heterocycles. The molecule has 0 spiro atoms. The van der Waals surface area contributed by atoms with E-state index in [9.17, 15) is 5.11 Å². The molecule has 0 amide bonds. The highest BCUT2D eigenvalue weighted by molar-refractivity contribution is 5.17. The molecular weight excluding hydrogens is 212 g/mol. The third kappa shape index (κ3) is 1.68. The number of ether oxygens (including phenoxy) is 1. The summed E-state index contributed by atoms with van der Waals surface area (Å²) in [5.41, 5.74) is 1.19. The van der Waals surface area contributed by atoms with E-state index in [0.29, 0.717) is 17.9 Å². The molecular formula is C15H24O2. The molecule has 0 aromatic heterocycles. The first-order valence-corrected chi connectivity index (χ1v) is 7.03. The van der Waals surface area contributed by atoms with Crippen molar-refractivity contribution in [3.63, 3.8) is 0 Å². The second kappa shape index (κ2) is 3.83. The van der Waals surface area contributed by atoms with Crippen molar-refractivity contribution in [1.82, 2.24) is 0 Å². The minimum Gasteiger partial charge on any atom is -0.392 e. The zero-order valence-electron chi connectivity index (χ0n) is 11.0. The van der Waals surface area contributed by atoms with Gasteiger partial charge in [0.05, 0.1) is 18.3 Å². The molecule has 1 saturated heterocycles. The van der Waals surface area contributed by atoms with Gasteiger partial charge in [0.1, 0.15) is 0 Å². The fourth-order valence-corrected chi connectivity index (χ4v) is 4.43. The second-order valence-electron chi connectivity index (χ2n) is 6.61. The highest BCUT2D eigenvalue weighted by atomic mass is 16.6. The molecule has 2 unspecified atom stereocenters. The van der Waals surface area contributed by atoms with Crippen molar-refractivity contribution in [3.05, 3.63) is 12.2 Å². The van der Waals surface area contributed by atoms with Crippen LogP contribution in [0.2, 0.25) is 0 Å². The van der Waals surface area contributed by atoms with Crippen molar-refractivity contribution in [3.8, 4) is 0 Å². The lowest BCUT2D eigenvalue weighted by molar-refractivity contribution is 0.0702. The molecule has 2 aliphatic carbocycles. The van der Waals surface area contributed by atoms with Crippen LogP contribution in [0.15, 0.2) is 12.2 Å². The van der Waals surface area contributed by atoms with E-state index in [0.717, 1.165) is 17.4 Å². The Morgan fingerprint density at radius 2 is 2.18 bits per heavy atom. The normalized spacial score (nSPS) is 52.5. The number of aliphatic hydroxyl groups is 1. The topological polar surface area (TPSA) is 32.8 Å². The standard InChI is InChI=1S/C15H24O2/c1-9-4-5-11(10(2)8-16)13-12(9)6-7-15(3)14(13)17-15/h9,11-14,16H,2,4-8H2,1,3H3/t9-,11+,12+,13-,14?,15?/m1/s1. The lowest BCUT2D eigenvalue weighted by Gasteiger charge is -2.45. The highest BCUT2D eigenvalue weighted by Crippen LogP contribution is 2.60. The maximum atomic E-state index is 9.37. The Labute approximate surface area is 104 Å². The molecule has 2 heteroatoms. The van der Waals surface area contributed by atoms with E-state index >= 15 is 0 Å². The molecule has 1 N–H and O–H groups in total. The third-order valence-corrected chi connectivity index (χ3v) is 5.61. The summed E-state index contributed by atoms with van der Waals surface area (Å²) in [5.74, 6) is 2.72. The fraction of sp³-hybridized carbons (Fsp3) is 0.867.